The van der Waals surface area contributed by atoms with Crippen LogP contribution >= 0.6 is 0 Å². The Kier molecular flexibility index (Phi) is 2.42. The highest BCUT2D eigenvalue weighted by molar-refractivity contribution is 5.82. The molecule has 0 spiro atoms. The highest BCUT2D eigenvalue weighted by Gasteiger charge is 2.57. The first-order chi connectivity index (χ1) is 8.57. The van der Waals surface area contributed by atoms with E-state index in [4.69, 9.17) is 10.5 Å². The lowest BCUT2D eigenvalue weighted by molar-refractivity contribution is 0.415. The summed E-state index contributed by atoms with van der Waals surface area (Å²) in [6.07, 6.45) is 0. The summed E-state index contributed by atoms with van der Waals surface area (Å²) in [6.45, 7) is 5.35. The van der Waals surface area contributed by atoms with Gasteiger partial charge in [-0.2, -0.15) is 0 Å². The molecule has 3 N–H and O–H groups in total. The van der Waals surface area contributed by atoms with Crippen LogP contribution in [-0.2, 0) is 0 Å². The molecule has 1 fully saturated rings. The molecule has 96 valence electrons. The Balaban J connectivity index is 2.00. The van der Waals surface area contributed by atoms with E-state index in [0.717, 1.165) is 17.8 Å². The molecule has 2 unspecified atom stereocenters. The fourth-order valence-electron chi connectivity index (χ4n) is 3.22. The molecule has 1 heterocycles. The predicted octanol–water partition coefficient (Wildman–Crippen LogP) is 2.87. The Morgan fingerprint density at radius 1 is 1.33 bits per heavy atom. The molecule has 1 aliphatic carbocycles. The number of aromatic nitrogens is 1. The molecule has 1 aromatic heterocycles. The van der Waals surface area contributed by atoms with Crippen molar-refractivity contribution in [3.8, 4) is 5.75 Å². The smallest absolute Gasteiger partial charge is 0.120 e. The molecule has 3 nitrogen and oxygen atoms in total. The molecule has 0 saturated heterocycles. The molecule has 18 heavy (non-hydrogen) atoms. The third-order valence-electron chi connectivity index (χ3n) is 4.49. The number of fused-ring (bicyclic) bond motifs is 1. The molecular formula is C15H20N2O. The minimum Gasteiger partial charge on any atom is -0.497 e. The quantitative estimate of drug-likeness (QED) is 0.872. The first-order valence-electron chi connectivity index (χ1n) is 6.44. The van der Waals surface area contributed by atoms with E-state index in [2.05, 4.69) is 31.0 Å². The van der Waals surface area contributed by atoms with Crippen molar-refractivity contribution in [1.82, 2.24) is 4.98 Å². The lowest BCUT2D eigenvalue weighted by Crippen LogP contribution is -2.05. The topological polar surface area (TPSA) is 51.0 Å². The van der Waals surface area contributed by atoms with Crippen molar-refractivity contribution in [3.63, 3.8) is 0 Å². The van der Waals surface area contributed by atoms with E-state index in [-0.39, 0.29) is 0 Å². The number of H-pyrrole nitrogens is 1. The van der Waals surface area contributed by atoms with Gasteiger partial charge >= 0.3 is 0 Å². The van der Waals surface area contributed by atoms with Crippen LogP contribution < -0.4 is 10.5 Å². The van der Waals surface area contributed by atoms with Crippen LogP contribution in [-0.4, -0.2) is 18.6 Å². The van der Waals surface area contributed by atoms with Crippen LogP contribution in [0.15, 0.2) is 24.3 Å². The molecule has 1 aliphatic rings. The number of hydrogen-bond acceptors (Lipinski definition) is 2. The van der Waals surface area contributed by atoms with Crippen LogP contribution in [0.3, 0.4) is 0 Å². The maximum absolute atomic E-state index is 5.84. The SMILES string of the molecule is COc1ccc2cc(C3C(CN)C3(C)C)[nH]c2c1. The third-order valence-corrected chi connectivity index (χ3v) is 4.49. The zero-order valence-corrected chi connectivity index (χ0v) is 11.2. The van der Waals surface area contributed by atoms with E-state index in [1.807, 2.05) is 12.1 Å². The second kappa shape index (κ2) is 3.75. The highest BCUT2D eigenvalue weighted by atomic mass is 16.5. The number of nitrogens with one attached hydrogen (secondary N) is 1. The summed E-state index contributed by atoms with van der Waals surface area (Å²) in [4.78, 5) is 3.52. The van der Waals surface area contributed by atoms with Crippen LogP contribution in [0.5, 0.6) is 5.75 Å². The van der Waals surface area contributed by atoms with Gasteiger partial charge in [-0.25, -0.2) is 0 Å². The fourth-order valence-corrected chi connectivity index (χ4v) is 3.22. The van der Waals surface area contributed by atoms with Crippen molar-refractivity contribution in [2.75, 3.05) is 13.7 Å². The summed E-state index contributed by atoms with van der Waals surface area (Å²) >= 11 is 0. The van der Waals surface area contributed by atoms with E-state index in [1.54, 1.807) is 7.11 Å². The van der Waals surface area contributed by atoms with Crippen LogP contribution in [0, 0.1) is 11.3 Å². The Bertz CT molecular complexity index is 585. The van der Waals surface area contributed by atoms with Gasteiger partial charge in [-0.05, 0) is 41.5 Å². The minimum atomic E-state index is 0.319. The van der Waals surface area contributed by atoms with Crippen LogP contribution in [0.2, 0.25) is 0 Å². The van der Waals surface area contributed by atoms with E-state index >= 15 is 0 Å². The number of hydrogen-bond donors (Lipinski definition) is 2. The van der Waals surface area contributed by atoms with Gasteiger partial charge in [-0.3, -0.25) is 0 Å². The van der Waals surface area contributed by atoms with E-state index in [0.29, 0.717) is 17.3 Å². The van der Waals surface area contributed by atoms with Gasteiger partial charge in [0.15, 0.2) is 0 Å². The van der Waals surface area contributed by atoms with Crippen molar-refractivity contribution in [2.24, 2.45) is 17.1 Å². The molecular weight excluding hydrogens is 224 g/mol. The number of ether oxygens (including phenoxy) is 1. The second-order valence-corrected chi connectivity index (χ2v) is 5.82. The number of benzene rings is 1. The summed E-state index contributed by atoms with van der Waals surface area (Å²) in [7, 11) is 1.69. The zero-order chi connectivity index (χ0) is 12.9. The molecule has 2 aromatic rings. The largest absolute Gasteiger partial charge is 0.497 e. The molecule has 0 radical (unpaired) electrons. The van der Waals surface area contributed by atoms with Crippen molar-refractivity contribution in [1.29, 1.82) is 0 Å². The zero-order valence-electron chi connectivity index (χ0n) is 11.2. The Labute approximate surface area is 107 Å². The summed E-state index contributed by atoms with van der Waals surface area (Å²) in [5, 5.41) is 1.24. The summed E-state index contributed by atoms with van der Waals surface area (Å²) in [5.74, 6) is 2.04. The van der Waals surface area contributed by atoms with Crippen molar-refractivity contribution in [3.05, 3.63) is 30.0 Å². The first-order valence-corrected chi connectivity index (χ1v) is 6.44. The van der Waals surface area contributed by atoms with Crippen molar-refractivity contribution < 1.29 is 4.74 Å². The normalized spacial score (nSPS) is 25.3. The van der Waals surface area contributed by atoms with Gasteiger partial charge in [0.05, 0.1) is 7.11 Å². The Hall–Kier alpha value is -1.48. The van der Waals surface area contributed by atoms with Crippen LogP contribution in [0.1, 0.15) is 25.5 Å². The Morgan fingerprint density at radius 2 is 2.11 bits per heavy atom. The molecule has 3 rings (SSSR count). The van der Waals surface area contributed by atoms with Gasteiger partial charge in [0.25, 0.3) is 0 Å². The van der Waals surface area contributed by atoms with Gasteiger partial charge < -0.3 is 15.5 Å². The van der Waals surface area contributed by atoms with Gasteiger partial charge in [0.2, 0.25) is 0 Å². The van der Waals surface area contributed by atoms with Crippen molar-refractivity contribution >= 4 is 10.9 Å². The summed E-state index contributed by atoms with van der Waals surface area (Å²) < 4.78 is 5.25. The average molecular weight is 244 g/mol. The lowest BCUT2D eigenvalue weighted by Gasteiger charge is -1.99. The van der Waals surface area contributed by atoms with Gasteiger partial charge in [0.1, 0.15) is 5.75 Å². The summed E-state index contributed by atoms with van der Waals surface area (Å²) in [6, 6.07) is 8.39. The molecule has 1 saturated carbocycles. The van der Waals surface area contributed by atoms with Crippen LogP contribution in [0.4, 0.5) is 0 Å². The standard InChI is InChI=1S/C15H20N2O/c1-15(2)11(8-16)14(15)13-6-9-4-5-10(18-3)7-12(9)17-13/h4-7,11,14,17H,8,16H2,1-3H3. The fraction of sp³-hybridized carbons (Fsp3) is 0.467. The maximum atomic E-state index is 5.84. The molecule has 1 aromatic carbocycles. The number of nitrogens with two attached hydrogens (primary N) is 1. The average Bonchev–Trinajstić information content (AvgIpc) is 2.71. The third kappa shape index (κ3) is 1.54. The van der Waals surface area contributed by atoms with Gasteiger partial charge in [-0.1, -0.05) is 13.8 Å². The number of rotatable bonds is 3. The minimum absolute atomic E-state index is 0.319. The predicted molar refractivity (Wildman–Crippen MR) is 73.9 cm³/mol. The highest BCUT2D eigenvalue weighted by Crippen LogP contribution is 2.63. The van der Waals surface area contributed by atoms with Gasteiger partial charge in [0, 0.05) is 23.2 Å². The van der Waals surface area contributed by atoms with Crippen molar-refractivity contribution in [2.45, 2.75) is 19.8 Å². The number of aromatic amines is 1. The first kappa shape index (κ1) is 11.6. The molecule has 0 bridgehead atoms. The lowest BCUT2D eigenvalue weighted by atomic mass is 10.1. The second-order valence-electron chi connectivity index (χ2n) is 5.82. The maximum Gasteiger partial charge on any atom is 0.120 e. The van der Waals surface area contributed by atoms with E-state index in [1.165, 1.54) is 11.1 Å². The molecule has 3 heteroatoms. The number of methoxy groups -OCH3 is 1. The van der Waals surface area contributed by atoms with Crippen LogP contribution in [0.25, 0.3) is 10.9 Å². The monoisotopic (exact) mass is 244 g/mol. The van der Waals surface area contributed by atoms with Gasteiger partial charge in [-0.15, -0.1) is 0 Å². The molecule has 0 amide bonds. The molecule has 0 aliphatic heterocycles. The van der Waals surface area contributed by atoms with E-state index in [9.17, 15) is 0 Å². The summed E-state index contributed by atoms with van der Waals surface area (Å²) in [5.41, 5.74) is 8.61. The van der Waals surface area contributed by atoms with E-state index < -0.39 is 0 Å². The molecule has 2 atom stereocenters. The Morgan fingerprint density at radius 3 is 2.72 bits per heavy atom.